The van der Waals surface area contributed by atoms with Gasteiger partial charge in [0.15, 0.2) is 5.76 Å². The maximum Gasteiger partial charge on any atom is 0.305 e. The highest BCUT2D eigenvalue weighted by Gasteiger charge is 2.15. The highest BCUT2D eigenvalue weighted by Crippen LogP contribution is 2.18. The molecule has 108 valence electrons. The van der Waals surface area contributed by atoms with Crippen LogP contribution in [0.4, 0.5) is 5.69 Å². The molecule has 0 aliphatic rings. The molecule has 2 aromatic rings. The SMILES string of the molecule is Cc1cc(C(=O)NNC(=O)c2ccco2)ccc1[N+](=O)[O-]. The molecule has 1 aromatic heterocycles. The van der Waals surface area contributed by atoms with Gasteiger partial charge in [-0.2, -0.15) is 0 Å². The quantitative estimate of drug-likeness (QED) is 0.657. The summed E-state index contributed by atoms with van der Waals surface area (Å²) in [5.74, 6) is -1.14. The molecular weight excluding hydrogens is 278 g/mol. The van der Waals surface area contributed by atoms with Gasteiger partial charge >= 0.3 is 5.91 Å². The van der Waals surface area contributed by atoms with Crippen molar-refractivity contribution in [3.63, 3.8) is 0 Å². The first kappa shape index (κ1) is 14.3. The Bertz CT molecular complexity index is 694. The summed E-state index contributed by atoms with van der Waals surface area (Å²) >= 11 is 0. The van der Waals surface area contributed by atoms with Gasteiger partial charge in [0.25, 0.3) is 11.6 Å². The first-order chi connectivity index (χ1) is 9.99. The summed E-state index contributed by atoms with van der Waals surface area (Å²) in [6.45, 7) is 1.52. The van der Waals surface area contributed by atoms with Gasteiger partial charge < -0.3 is 4.42 Å². The Morgan fingerprint density at radius 1 is 1.19 bits per heavy atom. The van der Waals surface area contributed by atoms with E-state index in [2.05, 4.69) is 10.9 Å². The molecule has 0 bridgehead atoms. The van der Waals surface area contributed by atoms with E-state index in [1.54, 1.807) is 0 Å². The lowest BCUT2D eigenvalue weighted by Crippen LogP contribution is -2.41. The zero-order chi connectivity index (χ0) is 15.4. The molecular formula is C13H11N3O5. The number of amides is 2. The fourth-order valence-corrected chi connectivity index (χ4v) is 1.66. The second kappa shape index (κ2) is 5.87. The van der Waals surface area contributed by atoms with E-state index in [1.807, 2.05) is 0 Å². The van der Waals surface area contributed by atoms with Crippen LogP contribution in [-0.2, 0) is 0 Å². The monoisotopic (exact) mass is 289 g/mol. The minimum Gasteiger partial charge on any atom is -0.459 e. The average molecular weight is 289 g/mol. The van der Waals surface area contributed by atoms with Crippen molar-refractivity contribution < 1.29 is 18.9 Å². The number of hydrazine groups is 1. The predicted octanol–water partition coefficient (Wildman–Crippen LogP) is 1.57. The Labute approximate surface area is 118 Å². The molecule has 1 heterocycles. The molecule has 0 saturated carbocycles. The van der Waals surface area contributed by atoms with Gasteiger partial charge in [0.05, 0.1) is 11.2 Å². The van der Waals surface area contributed by atoms with Crippen LogP contribution in [0.25, 0.3) is 0 Å². The van der Waals surface area contributed by atoms with Crippen LogP contribution in [0.2, 0.25) is 0 Å². The number of carbonyl (C=O) groups excluding carboxylic acids is 2. The average Bonchev–Trinajstić information content (AvgIpc) is 2.98. The van der Waals surface area contributed by atoms with Gasteiger partial charge in [-0.15, -0.1) is 0 Å². The number of hydrogen-bond acceptors (Lipinski definition) is 5. The first-order valence-electron chi connectivity index (χ1n) is 5.88. The number of carbonyl (C=O) groups is 2. The topological polar surface area (TPSA) is 114 Å². The Kier molecular flexibility index (Phi) is 3.98. The summed E-state index contributed by atoms with van der Waals surface area (Å²) in [6.07, 6.45) is 1.33. The number of nitro benzene ring substituents is 1. The van der Waals surface area contributed by atoms with Crippen LogP contribution in [0, 0.1) is 17.0 Å². The molecule has 0 aliphatic carbocycles. The van der Waals surface area contributed by atoms with Gasteiger partial charge in [0.1, 0.15) is 0 Å². The number of furan rings is 1. The number of rotatable bonds is 3. The molecule has 0 unspecified atom stereocenters. The summed E-state index contributed by atoms with van der Waals surface area (Å²) in [6, 6.07) is 6.89. The van der Waals surface area contributed by atoms with E-state index in [0.717, 1.165) is 0 Å². The standard InChI is InChI=1S/C13H11N3O5/c1-8-7-9(4-5-10(8)16(19)20)12(17)14-15-13(18)11-3-2-6-21-11/h2-7H,1H3,(H,14,17)(H,15,18). The number of aryl methyl sites for hydroxylation is 1. The summed E-state index contributed by atoms with van der Waals surface area (Å²) in [5, 5.41) is 10.7. The summed E-state index contributed by atoms with van der Waals surface area (Å²) < 4.78 is 4.86. The van der Waals surface area contributed by atoms with E-state index in [1.165, 1.54) is 43.5 Å². The molecule has 2 amide bonds. The maximum absolute atomic E-state index is 11.8. The number of nitrogens with zero attached hydrogens (tertiary/aromatic N) is 1. The highest BCUT2D eigenvalue weighted by molar-refractivity contribution is 5.98. The lowest BCUT2D eigenvalue weighted by Gasteiger charge is -2.06. The van der Waals surface area contributed by atoms with Crippen LogP contribution in [-0.4, -0.2) is 16.7 Å². The lowest BCUT2D eigenvalue weighted by atomic mass is 10.1. The van der Waals surface area contributed by atoms with Gasteiger partial charge in [0.2, 0.25) is 0 Å². The third-order valence-corrected chi connectivity index (χ3v) is 2.69. The number of nitrogens with one attached hydrogen (secondary N) is 2. The zero-order valence-electron chi connectivity index (χ0n) is 11.0. The van der Waals surface area contributed by atoms with Crippen LogP contribution < -0.4 is 10.9 Å². The number of nitro groups is 1. The summed E-state index contributed by atoms with van der Waals surface area (Å²) in [7, 11) is 0. The molecule has 0 spiro atoms. The molecule has 8 nitrogen and oxygen atoms in total. The van der Waals surface area contributed by atoms with Crippen LogP contribution in [0.3, 0.4) is 0 Å². The van der Waals surface area contributed by atoms with Crippen molar-refractivity contribution >= 4 is 17.5 Å². The lowest BCUT2D eigenvalue weighted by molar-refractivity contribution is -0.385. The van der Waals surface area contributed by atoms with Crippen molar-refractivity contribution in [2.45, 2.75) is 6.92 Å². The minimum atomic E-state index is -0.605. The van der Waals surface area contributed by atoms with E-state index < -0.39 is 16.7 Å². The molecule has 0 saturated heterocycles. The smallest absolute Gasteiger partial charge is 0.305 e. The maximum atomic E-state index is 11.8. The van der Waals surface area contributed by atoms with Crippen molar-refractivity contribution in [2.75, 3.05) is 0 Å². The Morgan fingerprint density at radius 3 is 2.48 bits per heavy atom. The number of hydrogen-bond donors (Lipinski definition) is 2. The largest absolute Gasteiger partial charge is 0.459 e. The third-order valence-electron chi connectivity index (χ3n) is 2.69. The molecule has 21 heavy (non-hydrogen) atoms. The van der Waals surface area contributed by atoms with Crippen molar-refractivity contribution in [1.29, 1.82) is 0 Å². The van der Waals surface area contributed by atoms with E-state index in [4.69, 9.17) is 4.42 Å². The van der Waals surface area contributed by atoms with Crippen LogP contribution in [0.15, 0.2) is 41.0 Å². The van der Waals surface area contributed by atoms with E-state index in [9.17, 15) is 19.7 Å². The van der Waals surface area contributed by atoms with Gasteiger partial charge in [0, 0.05) is 17.2 Å². The molecule has 8 heteroatoms. The second-order valence-corrected chi connectivity index (χ2v) is 4.14. The molecule has 2 rings (SSSR count). The van der Waals surface area contributed by atoms with Crippen LogP contribution >= 0.6 is 0 Å². The molecule has 0 radical (unpaired) electrons. The highest BCUT2D eigenvalue weighted by atomic mass is 16.6. The first-order valence-corrected chi connectivity index (χ1v) is 5.88. The van der Waals surface area contributed by atoms with Crippen LogP contribution in [0.5, 0.6) is 0 Å². The minimum absolute atomic E-state index is 0.0511. The second-order valence-electron chi connectivity index (χ2n) is 4.14. The Morgan fingerprint density at radius 2 is 1.90 bits per heavy atom. The molecule has 2 N–H and O–H groups in total. The van der Waals surface area contributed by atoms with Gasteiger partial charge in [-0.05, 0) is 31.2 Å². The molecule has 1 aromatic carbocycles. The fraction of sp³-hybridized carbons (Fsp3) is 0.0769. The molecule has 0 fully saturated rings. The van der Waals surface area contributed by atoms with Gasteiger partial charge in [-0.25, -0.2) is 0 Å². The Balaban J connectivity index is 2.02. The van der Waals surface area contributed by atoms with Crippen molar-refractivity contribution in [3.8, 4) is 0 Å². The predicted molar refractivity (Wildman–Crippen MR) is 71.5 cm³/mol. The zero-order valence-corrected chi connectivity index (χ0v) is 11.0. The number of benzene rings is 1. The Hall–Kier alpha value is -3.16. The van der Waals surface area contributed by atoms with Crippen molar-refractivity contribution in [1.82, 2.24) is 10.9 Å². The summed E-state index contributed by atoms with van der Waals surface area (Å²) in [5.41, 5.74) is 4.84. The molecule has 0 aliphatic heterocycles. The molecule has 0 atom stereocenters. The van der Waals surface area contributed by atoms with Gasteiger partial charge in [-0.1, -0.05) is 0 Å². The van der Waals surface area contributed by atoms with Crippen LogP contribution in [0.1, 0.15) is 26.5 Å². The third kappa shape index (κ3) is 3.24. The van der Waals surface area contributed by atoms with E-state index in [0.29, 0.717) is 5.56 Å². The summed E-state index contributed by atoms with van der Waals surface area (Å²) in [4.78, 5) is 33.5. The van der Waals surface area contributed by atoms with E-state index in [-0.39, 0.29) is 17.0 Å². The normalized spacial score (nSPS) is 9.95. The fourth-order valence-electron chi connectivity index (χ4n) is 1.66. The van der Waals surface area contributed by atoms with E-state index >= 15 is 0 Å². The van der Waals surface area contributed by atoms with Crippen molar-refractivity contribution in [3.05, 3.63) is 63.6 Å². The van der Waals surface area contributed by atoms with Gasteiger partial charge in [-0.3, -0.25) is 30.6 Å². The van der Waals surface area contributed by atoms with Crippen molar-refractivity contribution in [2.24, 2.45) is 0 Å².